The van der Waals surface area contributed by atoms with E-state index in [9.17, 15) is 4.79 Å². The number of methoxy groups -OCH3 is 1. The van der Waals surface area contributed by atoms with Gasteiger partial charge in [0.25, 0.3) is 0 Å². The number of carbonyl (C=O) groups excluding carboxylic acids is 1. The molecule has 4 heteroatoms. The first-order valence-electron chi connectivity index (χ1n) is 6.39. The molecule has 1 aromatic carbocycles. The molecule has 1 fully saturated rings. The molecule has 2 rings (SSSR count). The summed E-state index contributed by atoms with van der Waals surface area (Å²) in [4.78, 5) is 11.8. The lowest BCUT2D eigenvalue weighted by atomic mass is 10.1. The van der Waals surface area contributed by atoms with Crippen molar-refractivity contribution < 1.29 is 9.53 Å². The monoisotopic (exact) mass is 248 g/mol. The Kier molecular flexibility index (Phi) is 4.07. The average molecular weight is 248 g/mol. The summed E-state index contributed by atoms with van der Waals surface area (Å²) in [6.45, 7) is 2.22. The first-order valence-corrected chi connectivity index (χ1v) is 6.39. The molecule has 4 nitrogen and oxygen atoms in total. The van der Waals surface area contributed by atoms with Crippen molar-refractivity contribution in [1.29, 1.82) is 0 Å². The van der Waals surface area contributed by atoms with Gasteiger partial charge in [0, 0.05) is 17.8 Å². The molecule has 0 radical (unpaired) electrons. The van der Waals surface area contributed by atoms with E-state index in [-0.39, 0.29) is 6.03 Å². The third-order valence-electron chi connectivity index (χ3n) is 3.36. The zero-order valence-corrected chi connectivity index (χ0v) is 10.9. The van der Waals surface area contributed by atoms with E-state index in [0.29, 0.717) is 12.0 Å². The summed E-state index contributed by atoms with van der Waals surface area (Å²) in [5, 5.41) is 5.83. The number of nitrogens with one attached hydrogen (secondary N) is 2. The van der Waals surface area contributed by atoms with E-state index in [2.05, 4.69) is 17.6 Å². The highest BCUT2D eigenvalue weighted by molar-refractivity contribution is 5.89. The maximum absolute atomic E-state index is 11.8. The first-order chi connectivity index (χ1) is 8.67. The van der Waals surface area contributed by atoms with E-state index in [1.165, 1.54) is 6.42 Å². The summed E-state index contributed by atoms with van der Waals surface area (Å²) >= 11 is 0. The number of ether oxygens (including phenoxy) is 1. The third-order valence-corrected chi connectivity index (χ3v) is 3.36. The molecule has 18 heavy (non-hydrogen) atoms. The minimum absolute atomic E-state index is 0.137. The predicted molar refractivity (Wildman–Crippen MR) is 72.0 cm³/mol. The van der Waals surface area contributed by atoms with Crippen LogP contribution < -0.4 is 15.4 Å². The molecule has 1 aliphatic rings. The lowest BCUT2D eigenvalue weighted by Crippen LogP contribution is -2.36. The smallest absolute Gasteiger partial charge is 0.319 e. The second-order valence-electron chi connectivity index (χ2n) is 4.95. The van der Waals surface area contributed by atoms with Crippen LogP contribution in [0, 0.1) is 5.92 Å². The van der Waals surface area contributed by atoms with Crippen LogP contribution in [-0.2, 0) is 0 Å². The fourth-order valence-electron chi connectivity index (χ4n) is 2.39. The van der Waals surface area contributed by atoms with E-state index in [1.807, 2.05) is 18.2 Å². The van der Waals surface area contributed by atoms with Crippen molar-refractivity contribution in [3.8, 4) is 5.75 Å². The largest absolute Gasteiger partial charge is 0.497 e. The van der Waals surface area contributed by atoms with Gasteiger partial charge in [0.15, 0.2) is 0 Å². The highest BCUT2D eigenvalue weighted by Gasteiger charge is 2.22. The number of hydrogen-bond donors (Lipinski definition) is 2. The Morgan fingerprint density at radius 2 is 2.22 bits per heavy atom. The van der Waals surface area contributed by atoms with Crippen molar-refractivity contribution in [3.63, 3.8) is 0 Å². The first kappa shape index (κ1) is 12.7. The standard InChI is InChI=1S/C14H20N2O2/c1-10-6-7-12(8-10)16-14(17)15-11-4-3-5-13(9-11)18-2/h3-5,9-10,12H,6-8H2,1-2H3,(H2,15,16,17). The summed E-state index contributed by atoms with van der Waals surface area (Å²) in [7, 11) is 1.61. The number of rotatable bonds is 3. The molecule has 0 heterocycles. The summed E-state index contributed by atoms with van der Waals surface area (Å²) < 4.78 is 5.11. The Hall–Kier alpha value is -1.71. The fraction of sp³-hybridized carbons (Fsp3) is 0.500. The van der Waals surface area contributed by atoms with Crippen LogP contribution in [-0.4, -0.2) is 19.2 Å². The molecule has 2 atom stereocenters. The summed E-state index contributed by atoms with van der Waals surface area (Å²) in [5.41, 5.74) is 0.748. The Bertz CT molecular complexity index is 420. The van der Waals surface area contributed by atoms with Crippen LogP contribution in [0.25, 0.3) is 0 Å². The molecular formula is C14H20N2O2. The number of carbonyl (C=O) groups is 1. The van der Waals surface area contributed by atoms with Gasteiger partial charge in [-0.05, 0) is 37.3 Å². The zero-order valence-electron chi connectivity index (χ0n) is 10.9. The summed E-state index contributed by atoms with van der Waals surface area (Å²) in [6, 6.07) is 7.53. The molecule has 0 spiro atoms. The van der Waals surface area contributed by atoms with Gasteiger partial charge in [-0.15, -0.1) is 0 Å². The van der Waals surface area contributed by atoms with Gasteiger partial charge in [-0.2, -0.15) is 0 Å². The Morgan fingerprint density at radius 3 is 2.89 bits per heavy atom. The normalized spacial score (nSPS) is 22.6. The third kappa shape index (κ3) is 3.39. The van der Waals surface area contributed by atoms with Gasteiger partial charge in [-0.25, -0.2) is 4.79 Å². The van der Waals surface area contributed by atoms with Crippen LogP contribution in [0.3, 0.4) is 0 Å². The number of urea groups is 1. The van der Waals surface area contributed by atoms with E-state index in [1.54, 1.807) is 13.2 Å². The second kappa shape index (κ2) is 5.76. The topological polar surface area (TPSA) is 50.4 Å². The molecule has 1 aromatic rings. The number of anilines is 1. The molecule has 0 aromatic heterocycles. The number of benzene rings is 1. The van der Waals surface area contributed by atoms with Crippen LogP contribution in [0.4, 0.5) is 10.5 Å². The van der Waals surface area contributed by atoms with Crippen LogP contribution >= 0.6 is 0 Å². The van der Waals surface area contributed by atoms with Gasteiger partial charge in [0.05, 0.1) is 7.11 Å². The van der Waals surface area contributed by atoms with Gasteiger partial charge < -0.3 is 15.4 Å². The molecule has 0 bridgehead atoms. The maximum atomic E-state index is 11.8. The average Bonchev–Trinajstić information content (AvgIpc) is 2.74. The molecular weight excluding hydrogens is 228 g/mol. The van der Waals surface area contributed by atoms with Gasteiger partial charge in [-0.3, -0.25) is 0 Å². The Balaban J connectivity index is 1.86. The van der Waals surface area contributed by atoms with Gasteiger partial charge in [0.2, 0.25) is 0 Å². The molecule has 0 saturated heterocycles. The van der Waals surface area contributed by atoms with Crippen molar-refractivity contribution in [1.82, 2.24) is 5.32 Å². The highest BCUT2D eigenvalue weighted by Crippen LogP contribution is 2.24. The van der Waals surface area contributed by atoms with E-state index in [4.69, 9.17) is 4.74 Å². The summed E-state index contributed by atoms with van der Waals surface area (Å²) in [6.07, 6.45) is 3.35. The van der Waals surface area contributed by atoms with Crippen molar-refractivity contribution in [2.24, 2.45) is 5.92 Å². The molecule has 2 unspecified atom stereocenters. The van der Waals surface area contributed by atoms with Gasteiger partial charge in [-0.1, -0.05) is 13.0 Å². The van der Waals surface area contributed by atoms with Crippen molar-refractivity contribution in [3.05, 3.63) is 24.3 Å². The molecule has 0 aliphatic heterocycles. The van der Waals surface area contributed by atoms with Crippen molar-refractivity contribution in [2.75, 3.05) is 12.4 Å². The SMILES string of the molecule is COc1cccc(NC(=O)NC2CCC(C)C2)c1. The van der Waals surface area contributed by atoms with Gasteiger partial charge in [0.1, 0.15) is 5.75 Å². The number of amides is 2. The van der Waals surface area contributed by atoms with E-state index in [0.717, 1.165) is 24.3 Å². The second-order valence-corrected chi connectivity index (χ2v) is 4.95. The van der Waals surface area contributed by atoms with Crippen LogP contribution in [0.15, 0.2) is 24.3 Å². The molecule has 98 valence electrons. The van der Waals surface area contributed by atoms with E-state index < -0.39 is 0 Å². The number of hydrogen-bond acceptors (Lipinski definition) is 2. The maximum Gasteiger partial charge on any atom is 0.319 e. The quantitative estimate of drug-likeness (QED) is 0.864. The van der Waals surface area contributed by atoms with Crippen LogP contribution in [0.5, 0.6) is 5.75 Å². The highest BCUT2D eigenvalue weighted by atomic mass is 16.5. The van der Waals surface area contributed by atoms with E-state index >= 15 is 0 Å². The lowest BCUT2D eigenvalue weighted by molar-refractivity contribution is 0.248. The molecule has 2 N–H and O–H groups in total. The molecule has 2 amide bonds. The molecule has 1 saturated carbocycles. The Labute approximate surface area is 108 Å². The minimum atomic E-state index is -0.137. The lowest BCUT2D eigenvalue weighted by Gasteiger charge is -2.13. The van der Waals surface area contributed by atoms with Crippen LogP contribution in [0.1, 0.15) is 26.2 Å². The fourth-order valence-corrected chi connectivity index (χ4v) is 2.39. The van der Waals surface area contributed by atoms with Gasteiger partial charge >= 0.3 is 6.03 Å². The predicted octanol–water partition coefficient (Wildman–Crippen LogP) is 3.01. The van der Waals surface area contributed by atoms with Crippen LogP contribution in [0.2, 0.25) is 0 Å². The Morgan fingerprint density at radius 1 is 1.39 bits per heavy atom. The van der Waals surface area contributed by atoms with Crippen molar-refractivity contribution >= 4 is 11.7 Å². The zero-order chi connectivity index (χ0) is 13.0. The summed E-state index contributed by atoms with van der Waals surface area (Å²) in [5.74, 6) is 1.45. The minimum Gasteiger partial charge on any atom is -0.497 e. The van der Waals surface area contributed by atoms with Crippen molar-refractivity contribution in [2.45, 2.75) is 32.2 Å². The molecule has 1 aliphatic carbocycles.